The first-order valence-corrected chi connectivity index (χ1v) is 14.8. The number of nitrogens with one attached hydrogen (secondary N) is 4. The highest BCUT2D eigenvalue weighted by atomic mass is 32.2. The topological polar surface area (TPSA) is 129 Å². The van der Waals surface area contributed by atoms with Gasteiger partial charge >= 0.3 is 0 Å². The summed E-state index contributed by atoms with van der Waals surface area (Å²) >= 11 is 0. The zero-order valence-corrected chi connectivity index (χ0v) is 23.8. The Morgan fingerprint density at radius 3 is 2.57 bits per heavy atom. The molecule has 1 unspecified atom stereocenters. The fourth-order valence-electron chi connectivity index (χ4n) is 5.17. The van der Waals surface area contributed by atoms with E-state index in [0.29, 0.717) is 40.6 Å². The number of halogens is 1. The standard InChI is InChI=1S/C29H31FN8O3S/c1-36-12-14-37(15-13-36)20-7-8-22(26(17-20)32-29(40)25-6-3-10-31-25)28(39)33-27-23-18-38(11-9-24(23)34-35-27)42(41)21-5-2-4-19(30)16-21/h2-8,10,16-17,31H,9,11-15,18H2,1H3,(H,32,40)(H2,33,34,35,39). The van der Waals surface area contributed by atoms with Crippen LogP contribution in [0.15, 0.2) is 65.7 Å². The molecule has 0 bridgehead atoms. The summed E-state index contributed by atoms with van der Waals surface area (Å²) in [5, 5.41) is 13.1. The zero-order chi connectivity index (χ0) is 29.2. The highest BCUT2D eigenvalue weighted by Gasteiger charge is 2.28. The number of aromatic amines is 2. The molecule has 2 aromatic heterocycles. The Labute approximate surface area is 244 Å². The lowest BCUT2D eigenvalue weighted by Gasteiger charge is -2.34. The summed E-state index contributed by atoms with van der Waals surface area (Å²) in [6.07, 6.45) is 2.20. The first kappa shape index (κ1) is 27.8. The van der Waals surface area contributed by atoms with Crippen LogP contribution >= 0.6 is 0 Å². The number of likely N-dealkylation sites (N-methyl/N-ethyl adjacent to an activating group) is 1. The van der Waals surface area contributed by atoms with E-state index < -0.39 is 22.7 Å². The molecule has 13 heteroatoms. The van der Waals surface area contributed by atoms with Gasteiger partial charge in [0, 0.05) is 68.8 Å². The number of nitrogens with zero attached hydrogens (tertiary/aromatic N) is 4. The number of carbonyl (C=O) groups excluding carboxylic acids is 2. The number of H-pyrrole nitrogens is 2. The number of amides is 2. The van der Waals surface area contributed by atoms with Crippen molar-refractivity contribution in [2.75, 3.05) is 55.3 Å². The molecule has 1 fully saturated rings. The average molecular weight is 591 g/mol. The first-order chi connectivity index (χ1) is 20.4. The predicted octanol–water partition coefficient (Wildman–Crippen LogP) is 3.21. The Bertz CT molecular complexity index is 1630. The van der Waals surface area contributed by atoms with E-state index in [1.54, 1.807) is 34.8 Å². The smallest absolute Gasteiger partial charge is 0.272 e. The molecule has 218 valence electrons. The molecule has 2 amide bonds. The number of anilines is 3. The zero-order valence-electron chi connectivity index (χ0n) is 23.0. The summed E-state index contributed by atoms with van der Waals surface area (Å²) < 4.78 is 28.6. The van der Waals surface area contributed by atoms with Gasteiger partial charge in [-0.2, -0.15) is 5.10 Å². The number of rotatable bonds is 7. The van der Waals surface area contributed by atoms with Crippen molar-refractivity contribution < 1.29 is 18.2 Å². The van der Waals surface area contributed by atoms with Gasteiger partial charge < -0.3 is 25.4 Å². The van der Waals surface area contributed by atoms with E-state index in [1.165, 1.54) is 18.2 Å². The number of aromatic nitrogens is 3. The van der Waals surface area contributed by atoms with Gasteiger partial charge in [-0.25, -0.2) is 12.9 Å². The molecule has 42 heavy (non-hydrogen) atoms. The van der Waals surface area contributed by atoms with Crippen molar-refractivity contribution in [2.45, 2.75) is 17.9 Å². The van der Waals surface area contributed by atoms with Crippen LogP contribution in [0.4, 0.5) is 21.6 Å². The second kappa shape index (κ2) is 11.9. The minimum Gasteiger partial charge on any atom is -0.369 e. The third kappa shape index (κ3) is 5.84. The molecule has 2 aliphatic heterocycles. The van der Waals surface area contributed by atoms with Crippen LogP contribution < -0.4 is 15.5 Å². The van der Waals surface area contributed by atoms with Gasteiger partial charge in [-0.3, -0.25) is 14.7 Å². The molecule has 0 spiro atoms. The maximum Gasteiger partial charge on any atom is 0.272 e. The molecule has 4 aromatic rings. The van der Waals surface area contributed by atoms with Crippen LogP contribution in [0.2, 0.25) is 0 Å². The van der Waals surface area contributed by atoms with Crippen LogP contribution in [0.3, 0.4) is 0 Å². The van der Waals surface area contributed by atoms with Crippen molar-refractivity contribution in [2.24, 2.45) is 0 Å². The SMILES string of the molecule is CN1CCN(c2ccc(C(=O)Nc3n[nH]c4c3CN(S(=O)c3cccc(F)c3)CC4)c(NC(=O)c3ccc[nH]3)c2)CC1. The van der Waals surface area contributed by atoms with Gasteiger partial charge in [0.1, 0.15) is 22.5 Å². The largest absolute Gasteiger partial charge is 0.369 e. The Balaban J connectivity index is 1.24. The monoisotopic (exact) mass is 590 g/mol. The van der Waals surface area contributed by atoms with Crippen molar-refractivity contribution in [3.63, 3.8) is 0 Å². The summed E-state index contributed by atoms with van der Waals surface area (Å²) in [4.78, 5) is 34.3. The van der Waals surface area contributed by atoms with Gasteiger partial charge in [0.05, 0.1) is 16.1 Å². The third-order valence-corrected chi connectivity index (χ3v) is 9.01. The van der Waals surface area contributed by atoms with Crippen LogP contribution in [0, 0.1) is 5.82 Å². The lowest BCUT2D eigenvalue weighted by atomic mass is 10.1. The van der Waals surface area contributed by atoms with Crippen LogP contribution in [0.1, 0.15) is 32.1 Å². The van der Waals surface area contributed by atoms with Crippen LogP contribution in [0.5, 0.6) is 0 Å². The van der Waals surface area contributed by atoms with Gasteiger partial charge in [0.2, 0.25) is 0 Å². The number of piperazine rings is 1. The van der Waals surface area contributed by atoms with Crippen LogP contribution in [0.25, 0.3) is 0 Å². The Morgan fingerprint density at radius 2 is 1.81 bits per heavy atom. The van der Waals surface area contributed by atoms with Gasteiger partial charge in [-0.1, -0.05) is 6.07 Å². The highest BCUT2D eigenvalue weighted by Crippen LogP contribution is 2.29. The average Bonchev–Trinajstić information content (AvgIpc) is 3.68. The van der Waals surface area contributed by atoms with Crippen molar-refractivity contribution in [3.8, 4) is 0 Å². The molecule has 4 heterocycles. The summed E-state index contributed by atoms with van der Waals surface area (Å²) in [7, 11) is 0.502. The number of carbonyl (C=O) groups is 2. The summed E-state index contributed by atoms with van der Waals surface area (Å²) in [6, 6.07) is 14.5. The Kier molecular flexibility index (Phi) is 7.87. The fourth-order valence-corrected chi connectivity index (χ4v) is 6.38. The molecule has 6 rings (SSSR count). The summed E-state index contributed by atoms with van der Waals surface area (Å²) in [5.41, 5.74) is 3.49. The van der Waals surface area contributed by atoms with E-state index in [4.69, 9.17) is 0 Å². The second-order valence-corrected chi connectivity index (χ2v) is 11.8. The third-order valence-electron chi connectivity index (χ3n) is 7.57. The minimum atomic E-state index is -1.58. The Morgan fingerprint density at radius 1 is 0.976 bits per heavy atom. The molecular weight excluding hydrogens is 559 g/mol. The maximum atomic E-state index is 13.7. The van der Waals surface area contributed by atoms with Crippen LogP contribution in [-0.2, 0) is 24.0 Å². The molecule has 1 saturated heterocycles. The number of hydrogen-bond acceptors (Lipinski definition) is 6. The van der Waals surface area contributed by atoms with E-state index >= 15 is 0 Å². The molecule has 0 saturated carbocycles. The molecule has 0 aliphatic carbocycles. The Hall–Kier alpha value is -4.33. The highest BCUT2D eigenvalue weighted by molar-refractivity contribution is 7.82. The molecule has 1 atom stereocenters. The summed E-state index contributed by atoms with van der Waals surface area (Å²) in [5.74, 6) is -0.940. The molecule has 11 nitrogen and oxygen atoms in total. The van der Waals surface area contributed by atoms with Gasteiger partial charge in [-0.15, -0.1) is 0 Å². The van der Waals surface area contributed by atoms with Crippen LogP contribution in [-0.4, -0.2) is 80.2 Å². The fraction of sp³-hybridized carbons (Fsp3) is 0.276. The number of hydrogen-bond donors (Lipinski definition) is 4. The molecular formula is C29H31FN8O3S. The lowest BCUT2D eigenvalue weighted by Crippen LogP contribution is -2.44. The second-order valence-electron chi connectivity index (χ2n) is 10.4. The van der Waals surface area contributed by atoms with Crippen molar-refractivity contribution in [3.05, 3.63) is 89.1 Å². The normalized spacial score (nSPS) is 16.6. The maximum absolute atomic E-state index is 13.7. The predicted molar refractivity (Wildman–Crippen MR) is 158 cm³/mol. The van der Waals surface area contributed by atoms with Gasteiger partial charge in [0.25, 0.3) is 11.8 Å². The van der Waals surface area contributed by atoms with Crippen molar-refractivity contribution >= 4 is 40.0 Å². The molecule has 2 aliphatic rings. The quantitative estimate of drug-likeness (QED) is 0.262. The molecule has 4 N–H and O–H groups in total. The molecule has 0 radical (unpaired) electrons. The molecule has 2 aromatic carbocycles. The number of fused-ring (bicyclic) bond motifs is 1. The van der Waals surface area contributed by atoms with Crippen molar-refractivity contribution in [1.29, 1.82) is 0 Å². The first-order valence-electron chi connectivity index (χ1n) is 13.7. The van der Waals surface area contributed by atoms with E-state index in [0.717, 1.165) is 37.6 Å². The summed E-state index contributed by atoms with van der Waals surface area (Å²) in [6.45, 7) is 4.23. The number of benzene rings is 2. The minimum absolute atomic E-state index is 0.253. The van der Waals surface area contributed by atoms with Crippen molar-refractivity contribution in [1.82, 2.24) is 24.4 Å². The van der Waals surface area contributed by atoms with E-state index in [9.17, 15) is 18.2 Å². The van der Waals surface area contributed by atoms with Gasteiger partial charge in [0.15, 0.2) is 5.82 Å². The van der Waals surface area contributed by atoms with E-state index in [1.807, 2.05) is 12.1 Å². The van der Waals surface area contributed by atoms with E-state index in [2.05, 4.69) is 42.7 Å². The lowest BCUT2D eigenvalue weighted by molar-refractivity contribution is 0.102. The van der Waals surface area contributed by atoms with E-state index in [-0.39, 0.29) is 18.0 Å². The van der Waals surface area contributed by atoms with Gasteiger partial charge in [-0.05, 0) is 55.6 Å².